The third kappa shape index (κ3) is 3.70. The van der Waals surface area contributed by atoms with Gasteiger partial charge in [-0.25, -0.2) is 4.79 Å². The molecule has 0 bridgehead atoms. The third-order valence-corrected chi connectivity index (χ3v) is 2.38. The van der Waals surface area contributed by atoms with Crippen LogP contribution in [0.5, 0.6) is 0 Å². The first-order valence-corrected chi connectivity index (χ1v) is 5.31. The highest BCUT2D eigenvalue weighted by molar-refractivity contribution is 5.83. The predicted molar refractivity (Wildman–Crippen MR) is 61.1 cm³/mol. The van der Waals surface area contributed by atoms with E-state index in [0.29, 0.717) is 12.0 Å². The number of hydrogen-bond acceptors (Lipinski definition) is 4. The molecule has 1 atom stereocenters. The van der Waals surface area contributed by atoms with Gasteiger partial charge in [0, 0.05) is 19.2 Å². The molecule has 0 fully saturated rings. The molecule has 0 aliphatic carbocycles. The lowest BCUT2D eigenvalue weighted by Gasteiger charge is -2.12. The van der Waals surface area contributed by atoms with Crippen LogP contribution in [0.15, 0.2) is 18.3 Å². The summed E-state index contributed by atoms with van der Waals surface area (Å²) >= 11 is 0. The maximum Gasteiger partial charge on any atom is 0.328 e. The lowest BCUT2D eigenvalue weighted by Crippen LogP contribution is -2.43. The number of aliphatic carboxylic acids is 1. The number of amides is 1. The highest BCUT2D eigenvalue weighted by atomic mass is 16.4. The first-order chi connectivity index (χ1) is 8.58. The fourth-order valence-electron chi connectivity index (χ4n) is 1.41. The standard InChI is InChI=1S/C11H14N2O5/c14-6-8-2-1-4-13(8)5-3-10(16)12-9(7-15)11(17)18/h1-2,4,6,9,15H,3,5,7H2,(H,12,16)(H,17,18). The number of nitrogens with one attached hydrogen (secondary N) is 1. The molecular weight excluding hydrogens is 240 g/mol. The number of carboxylic acids is 1. The number of aliphatic hydroxyl groups is 1. The highest BCUT2D eigenvalue weighted by Gasteiger charge is 2.18. The van der Waals surface area contributed by atoms with Crippen LogP contribution < -0.4 is 5.32 Å². The Balaban J connectivity index is 2.46. The fraction of sp³-hybridized carbons (Fsp3) is 0.364. The Hall–Kier alpha value is -2.15. The summed E-state index contributed by atoms with van der Waals surface area (Å²) in [6.45, 7) is -0.394. The lowest BCUT2D eigenvalue weighted by atomic mass is 10.3. The number of aromatic nitrogens is 1. The normalized spacial score (nSPS) is 11.8. The fourth-order valence-corrected chi connectivity index (χ4v) is 1.41. The monoisotopic (exact) mass is 254 g/mol. The molecule has 0 saturated heterocycles. The third-order valence-electron chi connectivity index (χ3n) is 2.38. The minimum Gasteiger partial charge on any atom is -0.480 e. The van der Waals surface area contributed by atoms with Crippen molar-refractivity contribution in [3.8, 4) is 0 Å². The molecule has 1 rings (SSSR count). The number of carbonyl (C=O) groups is 3. The highest BCUT2D eigenvalue weighted by Crippen LogP contribution is 2.00. The smallest absolute Gasteiger partial charge is 0.328 e. The zero-order valence-corrected chi connectivity index (χ0v) is 9.57. The Bertz CT molecular complexity index is 440. The van der Waals surface area contributed by atoms with E-state index < -0.39 is 24.5 Å². The largest absolute Gasteiger partial charge is 0.480 e. The number of rotatable bonds is 7. The van der Waals surface area contributed by atoms with E-state index in [-0.39, 0.29) is 13.0 Å². The molecule has 3 N–H and O–H groups in total. The molecule has 7 heteroatoms. The topological polar surface area (TPSA) is 109 Å². The van der Waals surface area contributed by atoms with Crippen LogP contribution in [0.1, 0.15) is 16.9 Å². The van der Waals surface area contributed by atoms with Crippen LogP contribution in [-0.2, 0) is 16.1 Å². The zero-order valence-electron chi connectivity index (χ0n) is 9.57. The summed E-state index contributed by atoms with van der Waals surface area (Å²) in [6, 6.07) is 1.99. The van der Waals surface area contributed by atoms with E-state index in [9.17, 15) is 14.4 Å². The van der Waals surface area contributed by atoms with Crippen LogP contribution >= 0.6 is 0 Å². The SMILES string of the molecule is O=Cc1cccn1CCC(=O)NC(CO)C(=O)O. The van der Waals surface area contributed by atoms with Crippen molar-refractivity contribution >= 4 is 18.2 Å². The van der Waals surface area contributed by atoms with Crippen LogP contribution in [0, 0.1) is 0 Å². The molecular formula is C11H14N2O5. The van der Waals surface area contributed by atoms with Crippen molar-refractivity contribution in [2.45, 2.75) is 19.0 Å². The van der Waals surface area contributed by atoms with Gasteiger partial charge < -0.3 is 20.1 Å². The van der Waals surface area contributed by atoms with Crippen LogP contribution in [0.3, 0.4) is 0 Å². The molecule has 0 aliphatic heterocycles. The number of carboxylic acid groups (broad SMARTS) is 1. The number of aliphatic hydroxyl groups excluding tert-OH is 1. The van der Waals surface area contributed by atoms with Crippen molar-refractivity contribution in [2.24, 2.45) is 0 Å². The van der Waals surface area contributed by atoms with E-state index in [1.54, 1.807) is 22.9 Å². The van der Waals surface area contributed by atoms with Crippen molar-refractivity contribution in [3.05, 3.63) is 24.0 Å². The summed E-state index contributed by atoms with van der Waals surface area (Å²) in [5.41, 5.74) is 0.444. The van der Waals surface area contributed by atoms with Gasteiger partial charge >= 0.3 is 5.97 Å². The molecule has 0 aliphatic rings. The van der Waals surface area contributed by atoms with Crippen molar-refractivity contribution in [1.29, 1.82) is 0 Å². The second kappa shape index (κ2) is 6.55. The summed E-state index contributed by atoms with van der Waals surface area (Å²) in [5.74, 6) is -1.79. The van der Waals surface area contributed by atoms with E-state index in [1.165, 1.54) is 0 Å². The van der Waals surface area contributed by atoms with Crippen molar-refractivity contribution < 1.29 is 24.6 Å². The van der Waals surface area contributed by atoms with Gasteiger partial charge in [-0.05, 0) is 12.1 Å². The van der Waals surface area contributed by atoms with E-state index in [1.807, 2.05) is 0 Å². The first-order valence-electron chi connectivity index (χ1n) is 5.31. The maximum atomic E-state index is 11.4. The van der Waals surface area contributed by atoms with Crippen LogP contribution in [0.2, 0.25) is 0 Å². The van der Waals surface area contributed by atoms with Crippen molar-refractivity contribution in [1.82, 2.24) is 9.88 Å². The minimum absolute atomic E-state index is 0.0271. The Morgan fingerprint density at radius 2 is 2.22 bits per heavy atom. The first kappa shape index (κ1) is 13.9. The Morgan fingerprint density at radius 1 is 1.50 bits per heavy atom. The summed E-state index contributed by atoms with van der Waals surface area (Å²) in [6.07, 6.45) is 2.35. The number of hydrogen-bond donors (Lipinski definition) is 3. The number of aldehydes is 1. The zero-order chi connectivity index (χ0) is 13.5. The van der Waals surface area contributed by atoms with Gasteiger partial charge in [-0.2, -0.15) is 0 Å². The molecule has 1 amide bonds. The molecule has 1 aromatic heterocycles. The lowest BCUT2D eigenvalue weighted by molar-refractivity contribution is -0.143. The van der Waals surface area contributed by atoms with Gasteiger partial charge in [0.2, 0.25) is 5.91 Å². The molecule has 1 heterocycles. The van der Waals surface area contributed by atoms with Gasteiger partial charge in [-0.1, -0.05) is 0 Å². The molecule has 18 heavy (non-hydrogen) atoms. The van der Waals surface area contributed by atoms with Gasteiger partial charge in [-0.15, -0.1) is 0 Å². The number of aryl methyl sites for hydroxylation is 1. The molecule has 98 valence electrons. The van der Waals surface area contributed by atoms with Gasteiger partial charge in [0.1, 0.15) is 6.04 Å². The Morgan fingerprint density at radius 3 is 2.78 bits per heavy atom. The predicted octanol–water partition coefficient (Wildman–Crippen LogP) is -0.748. The van der Waals surface area contributed by atoms with E-state index in [0.717, 1.165) is 0 Å². The van der Waals surface area contributed by atoms with Crippen molar-refractivity contribution in [2.75, 3.05) is 6.61 Å². The van der Waals surface area contributed by atoms with E-state index in [4.69, 9.17) is 10.2 Å². The van der Waals surface area contributed by atoms with Gasteiger partial charge in [0.15, 0.2) is 6.29 Å². The number of nitrogens with zero attached hydrogens (tertiary/aromatic N) is 1. The van der Waals surface area contributed by atoms with Gasteiger partial charge in [0.05, 0.1) is 12.3 Å². The second-order valence-corrected chi connectivity index (χ2v) is 3.64. The average Bonchev–Trinajstić information content (AvgIpc) is 2.80. The molecule has 0 saturated carbocycles. The summed E-state index contributed by atoms with van der Waals surface area (Å²) in [4.78, 5) is 32.6. The second-order valence-electron chi connectivity index (χ2n) is 3.64. The molecule has 0 aromatic carbocycles. The van der Waals surface area contributed by atoms with Crippen LogP contribution in [0.25, 0.3) is 0 Å². The average molecular weight is 254 g/mol. The minimum atomic E-state index is -1.30. The quantitative estimate of drug-likeness (QED) is 0.555. The Labute approximate surface area is 103 Å². The maximum absolute atomic E-state index is 11.4. The molecule has 0 spiro atoms. The molecule has 1 aromatic rings. The summed E-state index contributed by atoms with van der Waals surface area (Å²) < 4.78 is 1.58. The molecule has 1 unspecified atom stereocenters. The van der Waals surface area contributed by atoms with Crippen molar-refractivity contribution in [3.63, 3.8) is 0 Å². The van der Waals surface area contributed by atoms with Crippen LogP contribution in [0.4, 0.5) is 0 Å². The van der Waals surface area contributed by atoms with E-state index >= 15 is 0 Å². The van der Waals surface area contributed by atoms with E-state index in [2.05, 4.69) is 5.32 Å². The van der Waals surface area contributed by atoms with Crippen LogP contribution in [-0.4, -0.2) is 45.6 Å². The number of carbonyl (C=O) groups excluding carboxylic acids is 2. The molecule has 0 radical (unpaired) electrons. The molecule has 7 nitrogen and oxygen atoms in total. The van der Waals surface area contributed by atoms with Gasteiger partial charge in [0.25, 0.3) is 0 Å². The summed E-state index contributed by atoms with van der Waals surface area (Å²) in [5, 5.41) is 19.5. The van der Waals surface area contributed by atoms with Gasteiger partial charge in [-0.3, -0.25) is 9.59 Å². The Kier molecular flexibility index (Phi) is 5.06. The summed E-state index contributed by atoms with van der Waals surface area (Å²) in [7, 11) is 0.